The zero-order valence-corrected chi connectivity index (χ0v) is 18.0. The third kappa shape index (κ3) is 6.03. The highest BCUT2D eigenvalue weighted by molar-refractivity contribution is 5.60. The Hall–Kier alpha value is -2.96. The van der Waals surface area contributed by atoms with Gasteiger partial charge in [-0.3, -0.25) is 0 Å². The molecule has 0 aliphatic carbocycles. The molecule has 6 heteroatoms. The summed E-state index contributed by atoms with van der Waals surface area (Å²) in [6, 6.07) is 18.4. The van der Waals surface area contributed by atoms with Crippen molar-refractivity contribution in [3.8, 4) is 17.0 Å². The topological polar surface area (TPSA) is 82.1 Å². The number of aromatic hydroxyl groups is 1. The van der Waals surface area contributed by atoms with Gasteiger partial charge in [-0.25, -0.2) is 9.97 Å². The fraction of sp³-hybridized carbons (Fsp3) is 0.360. The number of nitrogens with one attached hydrogen (secondary N) is 3. The second-order valence-electron chi connectivity index (χ2n) is 8.27. The van der Waals surface area contributed by atoms with E-state index < -0.39 is 0 Å². The molecule has 2 heterocycles. The van der Waals surface area contributed by atoms with Gasteiger partial charge in [-0.05, 0) is 67.2 Å². The fourth-order valence-corrected chi connectivity index (χ4v) is 3.99. The van der Waals surface area contributed by atoms with Crippen molar-refractivity contribution in [1.29, 1.82) is 0 Å². The van der Waals surface area contributed by atoms with Gasteiger partial charge in [0.25, 0.3) is 0 Å². The van der Waals surface area contributed by atoms with Crippen molar-refractivity contribution < 1.29 is 5.11 Å². The summed E-state index contributed by atoms with van der Waals surface area (Å²) in [6.45, 7) is 6.07. The summed E-state index contributed by atoms with van der Waals surface area (Å²) < 4.78 is 0. The third-order valence-corrected chi connectivity index (χ3v) is 5.87. The van der Waals surface area contributed by atoms with Crippen molar-refractivity contribution in [2.45, 2.75) is 32.4 Å². The van der Waals surface area contributed by atoms with Gasteiger partial charge in [0.15, 0.2) is 0 Å². The van der Waals surface area contributed by atoms with Crippen LogP contribution in [-0.4, -0.2) is 40.8 Å². The molecule has 1 aliphatic rings. The molecule has 1 unspecified atom stereocenters. The number of piperidine rings is 1. The molecule has 0 saturated carbocycles. The van der Waals surface area contributed by atoms with Gasteiger partial charge < -0.3 is 21.1 Å². The van der Waals surface area contributed by atoms with Crippen LogP contribution >= 0.6 is 0 Å². The minimum atomic E-state index is 0.287. The van der Waals surface area contributed by atoms with Gasteiger partial charge in [0.2, 0.25) is 5.95 Å². The first-order valence-corrected chi connectivity index (χ1v) is 11.1. The van der Waals surface area contributed by atoms with Crippen LogP contribution in [0.25, 0.3) is 11.3 Å². The first-order chi connectivity index (χ1) is 15.2. The highest BCUT2D eigenvalue weighted by atomic mass is 16.3. The lowest BCUT2D eigenvalue weighted by Crippen LogP contribution is -2.45. The maximum Gasteiger partial charge on any atom is 0.223 e. The molecule has 0 spiro atoms. The molecule has 4 rings (SSSR count). The summed E-state index contributed by atoms with van der Waals surface area (Å²) in [7, 11) is 0. The van der Waals surface area contributed by atoms with Gasteiger partial charge in [-0.15, -0.1) is 0 Å². The lowest BCUT2D eigenvalue weighted by atomic mass is 9.95. The summed E-state index contributed by atoms with van der Waals surface area (Å²) >= 11 is 0. The zero-order valence-electron chi connectivity index (χ0n) is 18.0. The normalized spacial score (nSPS) is 18.6. The number of hydrogen-bond acceptors (Lipinski definition) is 6. The Morgan fingerprint density at radius 3 is 2.81 bits per heavy atom. The van der Waals surface area contributed by atoms with Crippen molar-refractivity contribution in [1.82, 2.24) is 20.6 Å². The smallest absolute Gasteiger partial charge is 0.223 e. The summed E-state index contributed by atoms with van der Waals surface area (Å²) in [6.07, 6.45) is 3.81. The van der Waals surface area contributed by atoms with E-state index in [1.807, 2.05) is 18.2 Å². The molecule has 3 aromatic rings. The molecule has 0 amide bonds. The molecule has 31 heavy (non-hydrogen) atoms. The van der Waals surface area contributed by atoms with Crippen molar-refractivity contribution in [2.24, 2.45) is 5.92 Å². The van der Waals surface area contributed by atoms with E-state index in [0.29, 0.717) is 17.9 Å². The Kier molecular flexibility index (Phi) is 7.12. The Morgan fingerprint density at radius 2 is 1.97 bits per heavy atom. The summed E-state index contributed by atoms with van der Waals surface area (Å²) in [4.78, 5) is 9.06. The zero-order chi connectivity index (χ0) is 21.5. The molecule has 1 aliphatic heterocycles. The molecular formula is C25H31N5O. The van der Waals surface area contributed by atoms with E-state index in [2.05, 4.69) is 52.1 Å². The predicted octanol–water partition coefficient (Wildman–Crippen LogP) is 3.59. The van der Waals surface area contributed by atoms with E-state index in [-0.39, 0.29) is 5.75 Å². The lowest BCUT2D eigenvalue weighted by molar-refractivity contribution is 0.295. The summed E-state index contributed by atoms with van der Waals surface area (Å²) in [5, 5.41) is 19.9. The van der Waals surface area contributed by atoms with E-state index >= 15 is 0 Å². The van der Waals surface area contributed by atoms with Gasteiger partial charge in [0.1, 0.15) is 5.75 Å². The number of rotatable bonds is 8. The highest BCUT2D eigenvalue weighted by Gasteiger charge is 2.20. The largest absolute Gasteiger partial charge is 0.508 e. The third-order valence-electron chi connectivity index (χ3n) is 5.87. The van der Waals surface area contributed by atoms with Gasteiger partial charge >= 0.3 is 0 Å². The molecule has 4 N–H and O–H groups in total. The van der Waals surface area contributed by atoms with Crippen LogP contribution in [0.5, 0.6) is 5.75 Å². The monoisotopic (exact) mass is 417 g/mol. The Balaban J connectivity index is 1.35. The van der Waals surface area contributed by atoms with Gasteiger partial charge in [-0.2, -0.15) is 0 Å². The number of nitrogens with zero attached hydrogens (tertiary/aromatic N) is 2. The van der Waals surface area contributed by atoms with Crippen molar-refractivity contribution in [3.63, 3.8) is 0 Å². The number of hydrogen-bond donors (Lipinski definition) is 4. The van der Waals surface area contributed by atoms with Crippen LogP contribution in [0, 0.1) is 5.92 Å². The number of anilines is 1. The second-order valence-corrected chi connectivity index (χ2v) is 8.27. The highest BCUT2D eigenvalue weighted by Crippen LogP contribution is 2.20. The van der Waals surface area contributed by atoms with Crippen molar-refractivity contribution >= 4 is 5.95 Å². The average molecular weight is 418 g/mol. The molecule has 6 nitrogen and oxygen atoms in total. The van der Waals surface area contributed by atoms with E-state index in [9.17, 15) is 5.11 Å². The van der Waals surface area contributed by atoms with Crippen molar-refractivity contribution in [2.75, 3.05) is 25.0 Å². The van der Waals surface area contributed by atoms with E-state index in [0.717, 1.165) is 49.4 Å². The Bertz CT molecular complexity index is 976. The number of aromatic nitrogens is 2. The predicted molar refractivity (Wildman–Crippen MR) is 125 cm³/mol. The minimum Gasteiger partial charge on any atom is -0.508 e. The van der Waals surface area contributed by atoms with Gasteiger partial charge in [-0.1, -0.05) is 37.3 Å². The Morgan fingerprint density at radius 1 is 1.10 bits per heavy atom. The van der Waals surface area contributed by atoms with Crippen LogP contribution in [0.3, 0.4) is 0 Å². The minimum absolute atomic E-state index is 0.287. The standard InChI is InChI=1S/C25H31N5O/c1-18-16-26-12-10-23(18)29-17-20-3-2-4-21(15-20)24-11-14-28-25(30-24)27-13-9-19-5-7-22(31)8-6-19/h2-8,11,14-15,18,23,26,29,31H,9-10,12-13,16-17H2,1H3,(H,27,28,30)/t18-,23?/m0/s1. The van der Waals surface area contributed by atoms with Crippen LogP contribution in [0.4, 0.5) is 5.95 Å². The van der Waals surface area contributed by atoms with Crippen LogP contribution in [0.1, 0.15) is 24.5 Å². The van der Waals surface area contributed by atoms with Gasteiger partial charge in [0, 0.05) is 30.9 Å². The van der Waals surface area contributed by atoms with E-state index in [1.165, 1.54) is 12.0 Å². The molecule has 0 bridgehead atoms. The fourth-order valence-electron chi connectivity index (χ4n) is 3.99. The molecule has 1 aromatic heterocycles. The maximum absolute atomic E-state index is 9.39. The van der Waals surface area contributed by atoms with Crippen LogP contribution in [-0.2, 0) is 13.0 Å². The first kappa shape index (κ1) is 21.3. The van der Waals surface area contributed by atoms with Crippen LogP contribution < -0.4 is 16.0 Å². The van der Waals surface area contributed by atoms with Crippen LogP contribution in [0.15, 0.2) is 60.8 Å². The SMILES string of the molecule is C[C@H]1CNCCC1NCc1cccc(-c2ccnc(NCCc3ccc(O)cc3)n2)c1. The average Bonchev–Trinajstić information content (AvgIpc) is 2.80. The Labute approximate surface area is 184 Å². The summed E-state index contributed by atoms with van der Waals surface area (Å²) in [5.74, 6) is 1.56. The molecule has 1 fully saturated rings. The first-order valence-electron chi connectivity index (χ1n) is 11.1. The number of benzene rings is 2. The molecule has 2 atom stereocenters. The lowest BCUT2D eigenvalue weighted by Gasteiger charge is -2.30. The quantitative estimate of drug-likeness (QED) is 0.448. The molecule has 0 radical (unpaired) electrons. The number of phenols is 1. The van der Waals surface area contributed by atoms with Crippen LogP contribution in [0.2, 0.25) is 0 Å². The van der Waals surface area contributed by atoms with Gasteiger partial charge in [0.05, 0.1) is 5.69 Å². The van der Waals surface area contributed by atoms with E-state index in [4.69, 9.17) is 4.98 Å². The van der Waals surface area contributed by atoms with E-state index in [1.54, 1.807) is 18.3 Å². The number of phenolic OH excluding ortho intramolecular Hbond substituents is 1. The molecular weight excluding hydrogens is 386 g/mol. The molecule has 162 valence electrons. The van der Waals surface area contributed by atoms with Crippen molar-refractivity contribution in [3.05, 3.63) is 71.9 Å². The summed E-state index contributed by atoms with van der Waals surface area (Å²) in [5.41, 5.74) is 4.44. The second kappa shape index (κ2) is 10.4. The maximum atomic E-state index is 9.39. The molecule has 2 aromatic carbocycles. The molecule has 1 saturated heterocycles.